The standard InChI is InChI=1S/C25H27N5O/c1-31-17-9-10-21-19(15-17)25(18-5-2-3-6-20(18)28-21)30-13-11-29(12-14-30)23-8-4-7-22-24(23)27-16-26-22/h4,7-10,15-16H,2-3,5-6,11-14H2,1H3,(H,26,27). The zero-order valence-corrected chi connectivity index (χ0v) is 17.9. The van der Waals surface area contributed by atoms with Crippen LogP contribution in [0.1, 0.15) is 24.1 Å². The van der Waals surface area contributed by atoms with Gasteiger partial charge in [-0.25, -0.2) is 4.98 Å². The molecule has 1 aliphatic carbocycles. The number of imidazole rings is 1. The molecule has 0 bridgehead atoms. The Bertz CT molecular complexity index is 1260. The molecule has 1 aliphatic heterocycles. The highest BCUT2D eigenvalue weighted by Crippen LogP contribution is 2.38. The first-order valence-corrected chi connectivity index (χ1v) is 11.2. The number of aromatic nitrogens is 3. The summed E-state index contributed by atoms with van der Waals surface area (Å²) in [4.78, 5) is 17.9. The molecule has 0 unspecified atom stereocenters. The van der Waals surface area contributed by atoms with Crippen molar-refractivity contribution in [3.05, 3.63) is 54.0 Å². The summed E-state index contributed by atoms with van der Waals surface area (Å²) in [6.07, 6.45) is 6.48. The van der Waals surface area contributed by atoms with Gasteiger partial charge in [0.25, 0.3) is 0 Å². The molecule has 6 heteroatoms. The van der Waals surface area contributed by atoms with E-state index in [4.69, 9.17) is 9.72 Å². The van der Waals surface area contributed by atoms with Gasteiger partial charge in [-0.1, -0.05) is 6.07 Å². The summed E-state index contributed by atoms with van der Waals surface area (Å²) in [5.74, 6) is 0.898. The third kappa shape index (κ3) is 3.09. The Morgan fingerprint density at radius 1 is 0.968 bits per heavy atom. The molecule has 0 atom stereocenters. The number of nitrogens with zero attached hydrogens (tertiary/aromatic N) is 4. The van der Waals surface area contributed by atoms with E-state index in [1.165, 1.54) is 40.9 Å². The van der Waals surface area contributed by atoms with Crippen molar-refractivity contribution < 1.29 is 4.74 Å². The minimum Gasteiger partial charge on any atom is -0.497 e. The second-order valence-electron chi connectivity index (χ2n) is 8.53. The molecule has 4 aromatic rings. The van der Waals surface area contributed by atoms with E-state index in [1.807, 2.05) is 6.07 Å². The van der Waals surface area contributed by atoms with E-state index < -0.39 is 0 Å². The molecule has 0 radical (unpaired) electrons. The first kappa shape index (κ1) is 18.5. The predicted octanol–water partition coefficient (Wildman–Crippen LogP) is 4.33. The number of nitrogens with one attached hydrogen (secondary N) is 1. The fourth-order valence-electron chi connectivity index (χ4n) is 5.24. The van der Waals surface area contributed by atoms with Gasteiger partial charge in [0.15, 0.2) is 0 Å². The number of aryl methyl sites for hydroxylation is 1. The van der Waals surface area contributed by atoms with Gasteiger partial charge in [0.05, 0.1) is 35.8 Å². The van der Waals surface area contributed by atoms with Crippen LogP contribution < -0.4 is 14.5 Å². The van der Waals surface area contributed by atoms with Crippen LogP contribution in [0.2, 0.25) is 0 Å². The molecule has 0 saturated carbocycles. The summed E-state index contributed by atoms with van der Waals surface area (Å²) in [6, 6.07) is 12.7. The lowest BCUT2D eigenvalue weighted by Gasteiger charge is -2.39. The van der Waals surface area contributed by atoms with Gasteiger partial charge < -0.3 is 19.5 Å². The highest BCUT2D eigenvalue weighted by molar-refractivity contribution is 5.95. The van der Waals surface area contributed by atoms with E-state index in [9.17, 15) is 0 Å². The normalized spacial score (nSPS) is 16.7. The number of pyridine rings is 1. The van der Waals surface area contributed by atoms with E-state index in [2.05, 4.69) is 50.1 Å². The van der Waals surface area contributed by atoms with E-state index >= 15 is 0 Å². The molecule has 31 heavy (non-hydrogen) atoms. The average Bonchev–Trinajstić information content (AvgIpc) is 3.31. The van der Waals surface area contributed by atoms with Crippen LogP contribution in [-0.4, -0.2) is 48.2 Å². The number of ether oxygens (including phenoxy) is 1. The fourth-order valence-corrected chi connectivity index (χ4v) is 5.24. The molecule has 1 N–H and O–H groups in total. The van der Waals surface area contributed by atoms with Crippen LogP contribution >= 0.6 is 0 Å². The predicted molar refractivity (Wildman–Crippen MR) is 125 cm³/mol. The van der Waals surface area contributed by atoms with Gasteiger partial charge in [0.2, 0.25) is 0 Å². The summed E-state index contributed by atoms with van der Waals surface area (Å²) in [5.41, 5.74) is 8.60. The highest BCUT2D eigenvalue weighted by atomic mass is 16.5. The van der Waals surface area contributed by atoms with Crippen molar-refractivity contribution in [3.8, 4) is 5.75 Å². The lowest BCUT2D eigenvalue weighted by molar-refractivity contribution is 0.415. The van der Waals surface area contributed by atoms with E-state index in [-0.39, 0.29) is 0 Å². The molecule has 6 nitrogen and oxygen atoms in total. The Kier molecular flexibility index (Phi) is 4.44. The van der Waals surface area contributed by atoms with Crippen LogP contribution in [0.5, 0.6) is 5.75 Å². The maximum Gasteiger partial charge on any atom is 0.119 e. The number of rotatable bonds is 3. The molecule has 0 amide bonds. The molecule has 2 aromatic heterocycles. The van der Waals surface area contributed by atoms with Gasteiger partial charge in [-0.2, -0.15) is 0 Å². The van der Waals surface area contributed by atoms with Crippen LogP contribution in [-0.2, 0) is 12.8 Å². The number of aromatic amines is 1. The van der Waals surface area contributed by atoms with Crippen molar-refractivity contribution in [2.75, 3.05) is 43.1 Å². The van der Waals surface area contributed by atoms with Gasteiger partial charge in [-0.05, 0) is 61.6 Å². The van der Waals surface area contributed by atoms with Crippen molar-refractivity contribution in [1.82, 2.24) is 15.0 Å². The van der Waals surface area contributed by atoms with Gasteiger partial charge >= 0.3 is 0 Å². The minimum absolute atomic E-state index is 0.898. The molecule has 0 spiro atoms. The van der Waals surface area contributed by atoms with Crippen LogP contribution in [0.25, 0.3) is 21.9 Å². The lowest BCUT2D eigenvalue weighted by Crippen LogP contribution is -2.47. The van der Waals surface area contributed by atoms with Crippen molar-refractivity contribution in [3.63, 3.8) is 0 Å². The molecular formula is C25H27N5O. The lowest BCUT2D eigenvalue weighted by atomic mass is 9.92. The summed E-state index contributed by atoms with van der Waals surface area (Å²) in [6.45, 7) is 3.94. The molecule has 158 valence electrons. The zero-order chi connectivity index (χ0) is 20.8. The number of methoxy groups -OCH3 is 1. The summed E-state index contributed by atoms with van der Waals surface area (Å²) < 4.78 is 5.55. The van der Waals surface area contributed by atoms with Gasteiger partial charge in [-0.15, -0.1) is 0 Å². The molecule has 2 aliphatic rings. The number of hydrogen-bond acceptors (Lipinski definition) is 5. The summed E-state index contributed by atoms with van der Waals surface area (Å²) >= 11 is 0. The number of H-pyrrole nitrogens is 1. The molecule has 2 aromatic carbocycles. The van der Waals surface area contributed by atoms with Crippen molar-refractivity contribution >= 4 is 33.3 Å². The zero-order valence-electron chi connectivity index (χ0n) is 17.9. The minimum atomic E-state index is 0.898. The number of piperazine rings is 1. The van der Waals surface area contributed by atoms with Crippen LogP contribution in [0.4, 0.5) is 11.4 Å². The van der Waals surface area contributed by atoms with Gasteiger partial charge in [0.1, 0.15) is 11.3 Å². The highest BCUT2D eigenvalue weighted by Gasteiger charge is 2.26. The van der Waals surface area contributed by atoms with Crippen LogP contribution in [0.15, 0.2) is 42.7 Å². The molecule has 3 heterocycles. The second kappa shape index (κ2) is 7.45. The summed E-state index contributed by atoms with van der Waals surface area (Å²) in [5, 5.41) is 1.22. The number of para-hydroxylation sites is 1. The number of hydrogen-bond donors (Lipinski definition) is 1. The molecule has 1 saturated heterocycles. The fraction of sp³-hybridized carbons (Fsp3) is 0.360. The van der Waals surface area contributed by atoms with E-state index in [0.29, 0.717) is 0 Å². The monoisotopic (exact) mass is 413 g/mol. The maximum atomic E-state index is 5.55. The van der Waals surface area contributed by atoms with Crippen molar-refractivity contribution in [2.24, 2.45) is 0 Å². The van der Waals surface area contributed by atoms with Crippen molar-refractivity contribution in [2.45, 2.75) is 25.7 Å². The van der Waals surface area contributed by atoms with E-state index in [0.717, 1.165) is 61.3 Å². The third-order valence-corrected chi connectivity index (χ3v) is 6.80. The average molecular weight is 414 g/mol. The molecule has 1 fully saturated rings. The van der Waals surface area contributed by atoms with Gasteiger partial charge in [0, 0.05) is 37.3 Å². The SMILES string of the molecule is COc1ccc2nc3c(c(N4CCN(c5cccc6[nH]cnc56)CC4)c2c1)CCCC3. The number of fused-ring (bicyclic) bond motifs is 3. The topological polar surface area (TPSA) is 57.3 Å². The van der Waals surface area contributed by atoms with Gasteiger partial charge in [-0.3, -0.25) is 4.98 Å². The Morgan fingerprint density at radius 2 is 1.81 bits per heavy atom. The maximum absolute atomic E-state index is 5.55. The third-order valence-electron chi connectivity index (χ3n) is 6.80. The Labute approximate surface area is 181 Å². The first-order valence-electron chi connectivity index (χ1n) is 11.2. The largest absolute Gasteiger partial charge is 0.497 e. The Hall–Kier alpha value is -3.28. The van der Waals surface area contributed by atoms with Crippen LogP contribution in [0, 0.1) is 0 Å². The number of benzene rings is 2. The summed E-state index contributed by atoms with van der Waals surface area (Å²) in [7, 11) is 1.74. The molecular weight excluding hydrogens is 386 g/mol. The number of anilines is 2. The second-order valence-corrected chi connectivity index (χ2v) is 8.53. The van der Waals surface area contributed by atoms with Crippen molar-refractivity contribution in [1.29, 1.82) is 0 Å². The Morgan fingerprint density at radius 3 is 2.68 bits per heavy atom. The smallest absolute Gasteiger partial charge is 0.119 e. The van der Waals surface area contributed by atoms with Crippen LogP contribution in [0.3, 0.4) is 0 Å². The Balaban J connectivity index is 1.37. The molecule has 6 rings (SSSR count). The first-order chi connectivity index (χ1) is 15.3. The van der Waals surface area contributed by atoms with E-state index in [1.54, 1.807) is 13.4 Å². The quantitative estimate of drug-likeness (QED) is 0.542.